The number of anilines is 1. The van der Waals surface area contributed by atoms with Crippen LogP contribution in [0.2, 0.25) is 0 Å². The van der Waals surface area contributed by atoms with Crippen molar-refractivity contribution < 1.29 is 20.6 Å². The van der Waals surface area contributed by atoms with Gasteiger partial charge in [-0.25, -0.2) is 4.98 Å². The van der Waals surface area contributed by atoms with Crippen LogP contribution in [0.1, 0.15) is 42.0 Å². The molecule has 21 heavy (non-hydrogen) atoms. The van der Waals surface area contributed by atoms with E-state index in [1.165, 1.54) is 0 Å². The van der Waals surface area contributed by atoms with Gasteiger partial charge in [-0.15, -0.1) is 0 Å². The van der Waals surface area contributed by atoms with E-state index in [9.17, 15) is 14.4 Å². The number of carbonyl (C=O) groups is 2. The van der Waals surface area contributed by atoms with Gasteiger partial charge in [0.05, 0.1) is 27.5 Å². The normalized spacial score (nSPS) is 35.8. The van der Waals surface area contributed by atoms with E-state index in [1.807, 2.05) is 0 Å². The maximum atomic E-state index is 13.2. The van der Waals surface area contributed by atoms with Crippen LogP contribution in [0.25, 0.3) is 10.9 Å². The van der Waals surface area contributed by atoms with Crippen molar-refractivity contribution in [2.75, 3.05) is 5.73 Å². The molecule has 1 heterocycles. The van der Waals surface area contributed by atoms with Gasteiger partial charge in [-0.1, -0.05) is 6.04 Å². The molecule has 1 aliphatic rings. The van der Waals surface area contributed by atoms with E-state index >= 15 is 0 Å². The molecule has 1 fully saturated rings. The Morgan fingerprint density at radius 2 is 2.38 bits per heavy atom. The van der Waals surface area contributed by atoms with Crippen LogP contribution in [-0.2, 0) is 9.59 Å². The predicted molar refractivity (Wildman–Crippen MR) is 78.1 cm³/mol. The Kier molecular flexibility index (Phi) is 1.59. The molecule has 0 bridgehead atoms. The van der Waals surface area contributed by atoms with E-state index in [2.05, 4.69) is 4.98 Å². The van der Waals surface area contributed by atoms with Crippen molar-refractivity contribution in [1.82, 2.24) is 9.55 Å². The summed E-state index contributed by atoms with van der Waals surface area (Å²) >= 11 is 0. The number of nitrogen functional groups attached to an aromatic ring is 1. The highest BCUT2D eigenvalue weighted by molar-refractivity contribution is 6.03. The second kappa shape index (κ2) is 4.80. The molecule has 1 aromatic heterocycles. The molecule has 1 aromatic carbocycles. The minimum absolute atomic E-state index is 0.190. The van der Waals surface area contributed by atoms with E-state index in [0.717, 1.165) is 6.07 Å². The van der Waals surface area contributed by atoms with Crippen molar-refractivity contribution in [3.8, 4) is 0 Å². The third kappa shape index (κ3) is 2.12. The standard InChI is InChI=1S/C15H15N3O3/c1-8-17-11-4-2-3-10(16)14(11)15(21)18(8)12-6-5-9(19)7-13(12)20/h2-4,12H,5-7,16H2,1H3/i1D3,2D,4D,5D,6D,12D. The molecule has 6 heteroatoms. The van der Waals surface area contributed by atoms with Gasteiger partial charge in [0.15, 0.2) is 5.78 Å². The van der Waals surface area contributed by atoms with Crippen molar-refractivity contribution in [3.63, 3.8) is 0 Å². The van der Waals surface area contributed by atoms with Gasteiger partial charge < -0.3 is 5.73 Å². The number of fused-ring (bicyclic) bond motifs is 1. The Morgan fingerprint density at radius 1 is 1.57 bits per heavy atom. The number of carbonyl (C=O) groups excluding carboxylic acids is 2. The van der Waals surface area contributed by atoms with Gasteiger partial charge in [0.2, 0.25) is 0 Å². The summed E-state index contributed by atoms with van der Waals surface area (Å²) in [5, 5.41) is -0.482. The predicted octanol–water partition coefficient (Wildman–Crippen LogP) is 1.15. The molecule has 0 amide bonds. The smallest absolute Gasteiger partial charge is 0.264 e. The molecule has 0 aliphatic heterocycles. The van der Waals surface area contributed by atoms with Crippen LogP contribution in [0.4, 0.5) is 5.69 Å². The van der Waals surface area contributed by atoms with E-state index in [1.54, 1.807) is 0 Å². The van der Waals surface area contributed by atoms with Crippen LogP contribution in [-0.4, -0.2) is 21.1 Å². The number of aryl methyl sites for hydroxylation is 1. The molecule has 1 aliphatic carbocycles. The molecule has 0 radical (unpaired) electrons. The highest BCUT2D eigenvalue weighted by Crippen LogP contribution is 2.24. The zero-order chi connectivity index (χ0) is 22.0. The van der Waals surface area contributed by atoms with Crippen LogP contribution in [0.3, 0.4) is 0 Å². The van der Waals surface area contributed by atoms with Gasteiger partial charge in [0.1, 0.15) is 11.6 Å². The lowest BCUT2D eigenvalue weighted by Crippen LogP contribution is -2.36. The monoisotopic (exact) mass is 293 g/mol. The number of hydrogen-bond acceptors (Lipinski definition) is 5. The molecule has 3 unspecified atom stereocenters. The van der Waals surface area contributed by atoms with Crippen molar-refractivity contribution >= 4 is 28.2 Å². The van der Waals surface area contributed by atoms with Gasteiger partial charge in [-0.05, 0) is 25.4 Å². The molecule has 3 rings (SSSR count). The lowest BCUT2D eigenvalue weighted by Gasteiger charge is -2.24. The van der Waals surface area contributed by atoms with Crippen molar-refractivity contribution in [2.45, 2.75) is 32.1 Å². The lowest BCUT2D eigenvalue weighted by atomic mass is 9.92. The fourth-order valence-corrected chi connectivity index (χ4v) is 2.12. The van der Waals surface area contributed by atoms with Gasteiger partial charge in [-0.3, -0.25) is 19.0 Å². The van der Waals surface area contributed by atoms with Crippen molar-refractivity contribution in [2.24, 2.45) is 0 Å². The number of rotatable bonds is 1. The summed E-state index contributed by atoms with van der Waals surface area (Å²) in [6, 6.07) is -2.92. The minimum atomic E-state index is -3.15. The number of ketones is 2. The molecule has 2 N–H and O–H groups in total. The first-order valence-electron chi connectivity index (χ1n) is 10.1. The zero-order valence-corrected chi connectivity index (χ0v) is 10.6. The van der Waals surface area contributed by atoms with E-state index in [0.29, 0.717) is 0 Å². The first kappa shape index (κ1) is 6.98. The Bertz CT molecular complexity index is 1130. The topological polar surface area (TPSA) is 95.0 Å². The Hall–Kier alpha value is -2.50. The summed E-state index contributed by atoms with van der Waals surface area (Å²) < 4.78 is 63.3. The molecular weight excluding hydrogens is 270 g/mol. The van der Waals surface area contributed by atoms with Gasteiger partial charge in [0.25, 0.3) is 5.56 Å². The van der Waals surface area contributed by atoms with Crippen LogP contribution < -0.4 is 11.3 Å². The molecule has 0 saturated heterocycles. The Morgan fingerprint density at radius 3 is 3.14 bits per heavy atom. The highest BCUT2D eigenvalue weighted by atomic mass is 16.2. The summed E-state index contributed by atoms with van der Waals surface area (Å²) in [6.07, 6.45) is -4.86. The lowest BCUT2D eigenvalue weighted by molar-refractivity contribution is -0.132. The summed E-state index contributed by atoms with van der Waals surface area (Å²) in [4.78, 5) is 41.3. The van der Waals surface area contributed by atoms with Gasteiger partial charge >= 0.3 is 0 Å². The van der Waals surface area contributed by atoms with Crippen LogP contribution in [0.5, 0.6) is 0 Å². The van der Waals surface area contributed by atoms with E-state index in [4.69, 9.17) is 16.7 Å². The number of hydrogen-bond donors (Lipinski definition) is 1. The summed E-state index contributed by atoms with van der Waals surface area (Å²) in [6.45, 7) is -3.15. The summed E-state index contributed by atoms with van der Waals surface area (Å²) in [5.41, 5.74) is 3.68. The SMILES string of the molecule is [2H]c1cc(N)c2c(=O)n(C3([2H])C(=O)CC(=O)C([2H])C3[2H])c(C([2H])([2H])[2H])nc2c1[2H]. The maximum absolute atomic E-state index is 13.2. The minimum Gasteiger partial charge on any atom is -0.398 e. The zero-order valence-electron chi connectivity index (χ0n) is 18.6. The van der Waals surface area contributed by atoms with Crippen LogP contribution in [0, 0.1) is 6.85 Å². The second-order valence-corrected chi connectivity index (χ2v) is 4.45. The first-order chi connectivity index (χ1) is 13.2. The summed E-state index contributed by atoms with van der Waals surface area (Å²) in [5.74, 6) is -3.20. The Balaban J connectivity index is 2.53. The van der Waals surface area contributed by atoms with Gasteiger partial charge in [-0.2, -0.15) is 0 Å². The number of Topliss-reactive ketones (excluding diaryl/α,β-unsaturated/α-hetero) is 2. The largest absolute Gasteiger partial charge is 0.398 e. The molecule has 108 valence electrons. The van der Waals surface area contributed by atoms with Crippen LogP contribution >= 0.6 is 0 Å². The summed E-state index contributed by atoms with van der Waals surface area (Å²) in [7, 11) is 0. The van der Waals surface area contributed by atoms with E-state index < -0.39 is 78.0 Å². The fourth-order valence-electron chi connectivity index (χ4n) is 2.12. The molecule has 0 spiro atoms. The number of nitrogens with zero attached hydrogens (tertiary/aromatic N) is 2. The fraction of sp³-hybridized carbons (Fsp3) is 0.333. The molecule has 1 saturated carbocycles. The average molecular weight is 293 g/mol. The molecular formula is C15H15N3O3. The Labute approximate surface area is 131 Å². The van der Waals surface area contributed by atoms with Crippen molar-refractivity contribution in [3.05, 3.63) is 34.3 Å². The maximum Gasteiger partial charge on any atom is 0.264 e. The number of benzene rings is 1. The van der Waals surface area contributed by atoms with Crippen LogP contribution in [0.15, 0.2) is 22.9 Å². The number of nitrogens with two attached hydrogens (primary N) is 1. The molecule has 6 nitrogen and oxygen atoms in total. The molecule has 2 aromatic rings. The molecule has 3 atom stereocenters. The highest BCUT2D eigenvalue weighted by Gasteiger charge is 2.30. The average Bonchev–Trinajstić information content (AvgIpc) is 2.61. The first-order valence-corrected chi connectivity index (χ1v) is 5.96. The van der Waals surface area contributed by atoms with Gasteiger partial charge in [0, 0.05) is 18.9 Å². The third-order valence-corrected chi connectivity index (χ3v) is 3.08. The third-order valence-electron chi connectivity index (χ3n) is 3.08. The van der Waals surface area contributed by atoms with Crippen molar-refractivity contribution in [1.29, 1.82) is 0 Å². The van der Waals surface area contributed by atoms with E-state index in [-0.39, 0.29) is 10.3 Å². The quantitative estimate of drug-likeness (QED) is 0.628. The number of aromatic nitrogens is 2. The second-order valence-electron chi connectivity index (χ2n) is 4.45.